The van der Waals surface area contributed by atoms with Crippen molar-refractivity contribution in [3.63, 3.8) is 0 Å². The van der Waals surface area contributed by atoms with E-state index < -0.39 is 17.5 Å². The lowest BCUT2D eigenvalue weighted by atomic mass is 10.2. The third-order valence-corrected chi connectivity index (χ3v) is 3.09. The van der Waals surface area contributed by atoms with Crippen molar-refractivity contribution in [3.8, 4) is 5.75 Å². The van der Waals surface area contributed by atoms with Crippen LogP contribution in [0.5, 0.6) is 5.75 Å². The molecule has 0 heterocycles. The molecule has 2 aromatic rings. The molecule has 1 N–H and O–H groups in total. The fraction of sp³-hybridized carbons (Fsp3) is 0.0714. The van der Waals surface area contributed by atoms with Gasteiger partial charge in [-0.2, -0.15) is 0 Å². The molecule has 0 aliphatic heterocycles. The highest BCUT2D eigenvalue weighted by atomic mass is 79.9. The number of methoxy groups -OCH3 is 1. The van der Waals surface area contributed by atoms with Gasteiger partial charge in [-0.1, -0.05) is 15.9 Å². The van der Waals surface area contributed by atoms with Crippen LogP contribution in [0, 0.1) is 11.6 Å². The Morgan fingerprint density at radius 1 is 1.15 bits per heavy atom. The quantitative estimate of drug-likeness (QED) is 0.916. The fourth-order valence-corrected chi connectivity index (χ4v) is 1.93. The standard InChI is InChI=1S/C14H10BrF2NO2/c1-20-13-5-2-8(6-11(13)17)14(19)18-12-4-3-9(15)7-10(12)16/h2-7H,1H3,(H,18,19). The molecule has 0 fully saturated rings. The average Bonchev–Trinajstić information content (AvgIpc) is 2.41. The van der Waals surface area contributed by atoms with Crippen molar-refractivity contribution in [1.29, 1.82) is 0 Å². The Balaban J connectivity index is 2.21. The van der Waals surface area contributed by atoms with Crippen LogP contribution in [0.3, 0.4) is 0 Å². The molecule has 3 nitrogen and oxygen atoms in total. The van der Waals surface area contributed by atoms with Crippen molar-refractivity contribution in [1.82, 2.24) is 0 Å². The van der Waals surface area contributed by atoms with Crippen molar-refractivity contribution < 1.29 is 18.3 Å². The van der Waals surface area contributed by atoms with E-state index in [9.17, 15) is 13.6 Å². The number of benzene rings is 2. The Morgan fingerprint density at radius 2 is 1.90 bits per heavy atom. The van der Waals surface area contributed by atoms with Gasteiger partial charge in [0.25, 0.3) is 5.91 Å². The molecule has 0 saturated heterocycles. The Labute approximate surface area is 122 Å². The third-order valence-electron chi connectivity index (χ3n) is 2.59. The van der Waals surface area contributed by atoms with Crippen LogP contribution < -0.4 is 10.1 Å². The van der Waals surface area contributed by atoms with Gasteiger partial charge in [0.15, 0.2) is 11.6 Å². The smallest absolute Gasteiger partial charge is 0.255 e. The van der Waals surface area contributed by atoms with Crippen molar-refractivity contribution in [2.24, 2.45) is 0 Å². The molecule has 2 aromatic carbocycles. The number of carbonyl (C=O) groups excluding carboxylic acids is 1. The number of carbonyl (C=O) groups is 1. The van der Waals surface area contributed by atoms with Crippen molar-refractivity contribution in [2.45, 2.75) is 0 Å². The molecule has 20 heavy (non-hydrogen) atoms. The molecule has 6 heteroatoms. The zero-order chi connectivity index (χ0) is 14.7. The summed E-state index contributed by atoms with van der Waals surface area (Å²) in [5, 5.41) is 2.38. The largest absolute Gasteiger partial charge is 0.494 e. The first-order valence-electron chi connectivity index (χ1n) is 5.61. The SMILES string of the molecule is COc1ccc(C(=O)Nc2ccc(Br)cc2F)cc1F. The highest BCUT2D eigenvalue weighted by Gasteiger charge is 2.12. The van der Waals surface area contributed by atoms with E-state index in [-0.39, 0.29) is 17.0 Å². The van der Waals surface area contributed by atoms with Gasteiger partial charge in [0.1, 0.15) is 5.82 Å². The lowest BCUT2D eigenvalue weighted by molar-refractivity contribution is 0.102. The number of amides is 1. The van der Waals surface area contributed by atoms with Crippen LogP contribution in [0.2, 0.25) is 0 Å². The summed E-state index contributed by atoms with van der Waals surface area (Å²) in [4.78, 5) is 11.9. The Bertz CT molecular complexity index is 662. The molecule has 0 atom stereocenters. The lowest BCUT2D eigenvalue weighted by Crippen LogP contribution is -2.13. The van der Waals surface area contributed by atoms with Gasteiger partial charge in [-0.05, 0) is 36.4 Å². The summed E-state index contributed by atoms with van der Waals surface area (Å²) in [5.41, 5.74) is 0.0973. The molecule has 0 aromatic heterocycles. The fourth-order valence-electron chi connectivity index (χ4n) is 1.59. The van der Waals surface area contributed by atoms with Gasteiger partial charge in [-0.3, -0.25) is 4.79 Å². The van der Waals surface area contributed by atoms with Gasteiger partial charge in [-0.25, -0.2) is 8.78 Å². The minimum absolute atomic E-state index is 0.0226. The van der Waals surface area contributed by atoms with Gasteiger partial charge in [0.05, 0.1) is 12.8 Å². The molecular formula is C14H10BrF2NO2. The van der Waals surface area contributed by atoms with Crippen LogP contribution in [0.1, 0.15) is 10.4 Å². The monoisotopic (exact) mass is 341 g/mol. The predicted molar refractivity (Wildman–Crippen MR) is 75.0 cm³/mol. The zero-order valence-electron chi connectivity index (χ0n) is 10.4. The van der Waals surface area contributed by atoms with E-state index in [1.54, 1.807) is 6.07 Å². The van der Waals surface area contributed by atoms with Crippen LogP contribution in [-0.2, 0) is 0 Å². The Kier molecular flexibility index (Phi) is 4.34. The van der Waals surface area contributed by atoms with Crippen LogP contribution in [0.25, 0.3) is 0 Å². The second-order valence-corrected chi connectivity index (χ2v) is 4.84. The first-order valence-corrected chi connectivity index (χ1v) is 6.40. The predicted octanol–water partition coefficient (Wildman–Crippen LogP) is 3.99. The molecule has 2 rings (SSSR count). The minimum atomic E-state index is -0.656. The minimum Gasteiger partial charge on any atom is -0.494 e. The maximum Gasteiger partial charge on any atom is 0.255 e. The van der Waals surface area contributed by atoms with Gasteiger partial charge in [0, 0.05) is 10.0 Å². The summed E-state index contributed by atoms with van der Waals surface area (Å²) in [7, 11) is 1.33. The van der Waals surface area contributed by atoms with Gasteiger partial charge >= 0.3 is 0 Å². The lowest BCUT2D eigenvalue weighted by Gasteiger charge is -2.08. The molecule has 104 valence electrons. The van der Waals surface area contributed by atoms with Crippen molar-refractivity contribution in [3.05, 3.63) is 58.1 Å². The van der Waals surface area contributed by atoms with Gasteiger partial charge in [0.2, 0.25) is 0 Å². The van der Waals surface area contributed by atoms with Crippen LogP contribution in [-0.4, -0.2) is 13.0 Å². The van der Waals surface area contributed by atoms with Crippen LogP contribution >= 0.6 is 15.9 Å². The van der Waals surface area contributed by atoms with Gasteiger partial charge in [-0.15, -0.1) is 0 Å². The molecular weight excluding hydrogens is 332 g/mol. The van der Waals surface area contributed by atoms with Crippen molar-refractivity contribution in [2.75, 3.05) is 12.4 Å². The maximum absolute atomic E-state index is 13.6. The molecule has 0 unspecified atom stereocenters. The molecule has 0 aliphatic rings. The highest BCUT2D eigenvalue weighted by Crippen LogP contribution is 2.21. The van der Waals surface area contributed by atoms with E-state index in [1.165, 1.54) is 31.4 Å². The topological polar surface area (TPSA) is 38.3 Å². The summed E-state index contributed by atoms with van der Waals surface area (Å²) < 4.78 is 32.4. The molecule has 0 bridgehead atoms. The summed E-state index contributed by atoms with van der Waals surface area (Å²) >= 11 is 3.12. The summed E-state index contributed by atoms with van der Waals surface area (Å²) in [5.74, 6) is -1.80. The number of hydrogen-bond acceptors (Lipinski definition) is 2. The first-order chi connectivity index (χ1) is 9.51. The van der Waals surface area contributed by atoms with Crippen LogP contribution in [0.15, 0.2) is 40.9 Å². The zero-order valence-corrected chi connectivity index (χ0v) is 12.0. The van der Waals surface area contributed by atoms with E-state index in [0.717, 1.165) is 6.07 Å². The number of anilines is 1. The number of halogens is 3. The second-order valence-electron chi connectivity index (χ2n) is 3.93. The summed E-state index contributed by atoms with van der Waals surface area (Å²) in [6.07, 6.45) is 0. The van der Waals surface area contributed by atoms with Crippen LogP contribution in [0.4, 0.5) is 14.5 Å². The van der Waals surface area contributed by atoms with E-state index >= 15 is 0 Å². The molecule has 0 spiro atoms. The number of rotatable bonds is 3. The number of nitrogens with one attached hydrogen (secondary N) is 1. The van der Waals surface area contributed by atoms with E-state index in [1.807, 2.05) is 0 Å². The first kappa shape index (κ1) is 14.5. The number of hydrogen-bond donors (Lipinski definition) is 1. The van der Waals surface area contributed by atoms with Crippen molar-refractivity contribution >= 4 is 27.5 Å². The Hall–Kier alpha value is -1.95. The second kappa shape index (κ2) is 6.00. The van der Waals surface area contributed by atoms with E-state index in [0.29, 0.717) is 4.47 Å². The highest BCUT2D eigenvalue weighted by molar-refractivity contribution is 9.10. The van der Waals surface area contributed by atoms with E-state index in [4.69, 9.17) is 4.74 Å². The maximum atomic E-state index is 13.6. The summed E-state index contributed by atoms with van der Waals surface area (Å²) in [6, 6.07) is 8.00. The Morgan fingerprint density at radius 3 is 2.50 bits per heavy atom. The van der Waals surface area contributed by atoms with Gasteiger partial charge < -0.3 is 10.1 Å². The number of ether oxygens (including phenoxy) is 1. The molecule has 1 amide bonds. The normalized spacial score (nSPS) is 10.2. The average molecular weight is 342 g/mol. The molecule has 0 saturated carbocycles. The summed E-state index contributed by atoms with van der Waals surface area (Å²) in [6.45, 7) is 0. The molecule has 0 aliphatic carbocycles. The molecule has 0 radical (unpaired) electrons. The van der Waals surface area contributed by atoms with E-state index in [2.05, 4.69) is 21.2 Å². The third kappa shape index (κ3) is 3.14.